The van der Waals surface area contributed by atoms with E-state index in [4.69, 9.17) is 14.9 Å². The highest BCUT2D eigenvalue weighted by Crippen LogP contribution is 2.12. The van der Waals surface area contributed by atoms with Crippen LogP contribution in [0.25, 0.3) is 0 Å². The minimum absolute atomic E-state index is 0.0824. The van der Waals surface area contributed by atoms with Gasteiger partial charge in [0.2, 0.25) is 0 Å². The summed E-state index contributed by atoms with van der Waals surface area (Å²) in [5, 5.41) is 17.7. The molecule has 0 radical (unpaired) electrons. The van der Waals surface area contributed by atoms with E-state index in [1.54, 1.807) is 0 Å². The van der Waals surface area contributed by atoms with Gasteiger partial charge >= 0.3 is 0 Å². The first-order chi connectivity index (χ1) is 10.2. The zero-order valence-corrected chi connectivity index (χ0v) is 12.9. The SMILES string of the molecule is CC(C)N(CCO)CCOc1cccc(C#CCCO)c1. The number of hydrogen-bond donors (Lipinski definition) is 2. The Morgan fingerprint density at radius 2 is 2.00 bits per heavy atom. The molecule has 0 unspecified atom stereocenters. The lowest BCUT2D eigenvalue weighted by Gasteiger charge is -2.25. The minimum Gasteiger partial charge on any atom is -0.492 e. The van der Waals surface area contributed by atoms with Crippen molar-refractivity contribution >= 4 is 0 Å². The molecule has 0 aromatic heterocycles. The molecule has 0 saturated heterocycles. The van der Waals surface area contributed by atoms with Crippen LogP contribution >= 0.6 is 0 Å². The van der Waals surface area contributed by atoms with E-state index in [2.05, 4.69) is 30.6 Å². The Balaban J connectivity index is 2.48. The van der Waals surface area contributed by atoms with Crippen molar-refractivity contribution < 1.29 is 14.9 Å². The second-order valence-corrected chi connectivity index (χ2v) is 5.01. The van der Waals surface area contributed by atoms with Gasteiger partial charge in [0.15, 0.2) is 0 Å². The zero-order chi connectivity index (χ0) is 15.5. The summed E-state index contributed by atoms with van der Waals surface area (Å²) in [6.07, 6.45) is 0.482. The molecule has 116 valence electrons. The molecule has 4 nitrogen and oxygen atoms in total. The number of benzene rings is 1. The van der Waals surface area contributed by atoms with Gasteiger partial charge in [-0.25, -0.2) is 0 Å². The maximum absolute atomic E-state index is 9.03. The fraction of sp³-hybridized carbons (Fsp3) is 0.529. The van der Waals surface area contributed by atoms with E-state index >= 15 is 0 Å². The summed E-state index contributed by atoms with van der Waals surface area (Å²) in [5.74, 6) is 6.67. The quantitative estimate of drug-likeness (QED) is 0.713. The van der Waals surface area contributed by atoms with E-state index in [1.165, 1.54) is 0 Å². The van der Waals surface area contributed by atoms with Gasteiger partial charge in [-0.3, -0.25) is 4.90 Å². The van der Waals surface area contributed by atoms with Gasteiger partial charge in [-0.2, -0.15) is 0 Å². The molecule has 1 aromatic rings. The standard InChI is InChI=1S/C17H25NO3/c1-15(2)18(9-12-20)10-13-21-17-8-5-7-16(14-17)6-3-4-11-19/h5,7-8,14-15,19-20H,4,9-13H2,1-2H3. The molecule has 0 aliphatic heterocycles. The van der Waals surface area contributed by atoms with Crippen LogP contribution < -0.4 is 4.74 Å². The van der Waals surface area contributed by atoms with Crippen molar-refractivity contribution in [2.45, 2.75) is 26.3 Å². The Morgan fingerprint density at radius 3 is 2.67 bits per heavy atom. The predicted molar refractivity (Wildman–Crippen MR) is 84.3 cm³/mol. The van der Waals surface area contributed by atoms with Gasteiger partial charge in [-0.05, 0) is 32.0 Å². The number of hydrogen-bond acceptors (Lipinski definition) is 4. The zero-order valence-electron chi connectivity index (χ0n) is 12.9. The summed E-state index contributed by atoms with van der Waals surface area (Å²) < 4.78 is 5.74. The van der Waals surface area contributed by atoms with E-state index in [0.717, 1.165) is 17.9 Å². The second kappa shape index (κ2) is 10.2. The topological polar surface area (TPSA) is 52.9 Å². The average molecular weight is 291 g/mol. The van der Waals surface area contributed by atoms with Crippen LogP contribution in [0.2, 0.25) is 0 Å². The smallest absolute Gasteiger partial charge is 0.120 e. The largest absolute Gasteiger partial charge is 0.492 e. The normalized spacial score (nSPS) is 10.6. The van der Waals surface area contributed by atoms with E-state index < -0.39 is 0 Å². The Kier molecular flexibility index (Phi) is 8.53. The third-order valence-electron chi connectivity index (χ3n) is 3.07. The van der Waals surface area contributed by atoms with Gasteiger partial charge in [0.05, 0.1) is 13.2 Å². The molecule has 0 aliphatic carbocycles. The minimum atomic E-state index is 0.0824. The van der Waals surface area contributed by atoms with E-state index in [9.17, 15) is 0 Å². The van der Waals surface area contributed by atoms with Crippen molar-refractivity contribution in [2.24, 2.45) is 0 Å². The first kappa shape index (κ1) is 17.5. The molecule has 21 heavy (non-hydrogen) atoms. The maximum atomic E-state index is 9.03. The molecule has 0 fully saturated rings. The second-order valence-electron chi connectivity index (χ2n) is 5.01. The number of nitrogens with zero attached hydrogens (tertiary/aromatic N) is 1. The molecule has 1 aromatic carbocycles. The highest BCUT2D eigenvalue weighted by atomic mass is 16.5. The van der Waals surface area contributed by atoms with Crippen LogP contribution in [0.5, 0.6) is 5.75 Å². The fourth-order valence-corrected chi connectivity index (χ4v) is 1.92. The number of aliphatic hydroxyl groups excluding tert-OH is 2. The molecule has 0 spiro atoms. The van der Waals surface area contributed by atoms with Crippen LogP contribution in [-0.2, 0) is 0 Å². The summed E-state index contributed by atoms with van der Waals surface area (Å²) in [6.45, 7) is 6.46. The van der Waals surface area contributed by atoms with Gasteiger partial charge in [-0.1, -0.05) is 17.9 Å². The summed E-state index contributed by atoms with van der Waals surface area (Å²) in [5.41, 5.74) is 0.886. The number of rotatable bonds is 8. The predicted octanol–water partition coefficient (Wildman–Crippen LogP) is 1.50. The number of ether oxygens (including phenoxy) is 1. The molecule has 0 bridgehead atoms. The third-order valence-corrected chi connectivity index (χ3v) is 3.07. The van der Waals surface area contributed by atoms with Crippen LogP contribution in [-0.4, -0.2) is 54.1 Å². The highest BCUT2D eigenvalue weighted by molar-refractivity contribution is 5.39. The maximum Gasteiger partial charge on any atom is 0.120 e. The van der Waals surface area contributed by atoms with Crippen molar-refractivity contribution in [2.75, 3.05) is 32.9 Å². The summed E-state index contributed by atoms with van der Waals surface area (Å²) in [4.78, 5) is 2.17. The van der Waals surface area contributed by atoms with Crippen molar-refractivity contribution in [1.29, 1.82) is 0 Å². The molecule has 2 N–H and O–H groups in total. The molecule has 0 amide bonds. The monoisotopic (exact) mass is 291 g/mol. The van der Waals surface area contributed by atoms with Crippen molar-refractivity contribution in [3.05, 3.63) is 29.8 Å². The fourth-order valence-electron chi connectivity index (χ4n) is 1.92. The van der Waals surface area contributed by atoms with Gasteiger partial charge in [0.1, 0.15) is 12.4 Å². The lowest BCUT2D eigenvalue weighted by molar-refractivity contribution is 0.141. The lowest BCUT2D eigenvalue weighted by Crippen LogP contribution is -2.36. The van der Waals surface area contributed by atoms with Gasteiger partial charge in [0, 0.05) is 31.1 Å². The van der Waals surface area contributed by atoms with Crippen LogP contribution in [0.4, 0.5) is 0 Å². The van der Waals surface area contributed by atoms with Crippen LogP contribution in [0.1, 0.15) is 25.8 Å². The Bertz CT molecular complexity index is 463. The Morgan fingerprint density at radius 1 is 1.19 bits per heavy atom. The lowest BCUT2D eigenvalue weighted by atomic mass is 10.2. The first-order valence-electron chi connectivity index (χ1n) is 7.35. The third kappa shape index (κ3) is 7.14. The van der Waals surface area contributed by atoms with E-state index in [0.29, 0.717) is 25.6 Å². The Hall–Kier alpha value is -1.54. The summed E-state index contributed by atoms with van der Waals surface area (Å²) in [7, 11) is 0. The molecule has 1 rings (SSSR count). The van der Waals surface area contributed by atoms with Crippen LogP contribution in [0.3, 0.4) is 0 Å². The summed E-state index contributed by atoms with van der Waals surface area (Å²) in [6, 6.07) is 8.02. The van der Waals surface area contributed by atoms with E-state index in [-0.39, 0.29) is 13.2 Å². The molecular weight excluding hydrogens is 266 g/mol. The van der Waals surface area contributed by atoms with Crippen molar-refractivity contribution in [1.82, 2.24) is 4.90 Å². The molecule has 0 heterocycles. The van der Waals surface area contributed by atoms with Gasteiger partial charge in [-0.15, -0.1) is 0 Å². The molecule has 0 aliphatic rings. The first-order valence-corrected chi connectivity index (χ1v) is 7.35. The highest BCUT2D eigenvalue weighted by Gasteiger charge is 2.08. The van der Waals surface area contributed by atoms with Gasteiger partial charge in [0.25, 0.3) is 0 Å². The molecule has 0 atom stereocenters. The van der Waals surface area contributed by atoms with Crippen molar-refractivity contribution in [3.8, 4) is 17.6 Å². The molecule has 0 saturated carbocycles. The number of aliphatic hydroxyl groups is 2. The van der Waals surface area contributed by atoms with Crippen LogP contribution in [0, 0.1) is 11.8 Å². The molecule has 4 heteroatoms. The average Bonchev–Trinajstić information content (AvgIpc) is 2.47. The van der Waals surface area contributed by atoms with Gasteiger partial charge < -0.3 is 14.9 Å². The summed E-state index contributed by atoms with van der Waals surface area (Å²) >= 11 is 0. The van der Waals surface area contributed by atoms with Crippen LogP contribution in [0.15, 0.2) is 24.3 Å². The van der Waals surface area contributed by atoms with Crippen molar-refractivity contribution in [3.63, 3.8) is 0 Å². The molecular formula is C17H25NO3. The van der Waals surface area contributed by atoms with E-state index in [1.807, 2.05) is 24.3 Å². The Labute approximate surface area is 127 Å².